The Labute approximate surface area is 120 Å². The van der Waals surface area contributed by atoms with Gasteiger partial charge in [0.1, 0.15) is 5.84 Å². The predicted molar refractivity (Wildman–Crippen MR) is 80.1 cm³/mol. The number of carbonyl (C=O) groups is 1. The van der Waals surface area contributed by atoms with Crippen LogP contribution in [0.25, 0.3) is 0 Å². The summed E-state index contributed by atoms with van der Waals surface area (Å²) < 4.78 is 0. The van der Waals surface area contributed by atoms with Crippen LogP contribution in [0.2, 0.25) is 0 Å². The van der Waals surface area contributed by atoms with E-state index >= 15 is 0 Å². The maximum absolute atomic E-state index is 12.6. The van der Waals surface area contributed by atoms with Crippen LogP contribution in [0.4, 0.5) is 0 Å². The Morgan fingerprint density at radius 3 is 2.30 bits per heavy atom. The molecular weight excluding hydrogens is 254 g/mol. The van der Waals surface area contributed by atoms with E-state index in [2.05, 4.69) is 5.16 Å². The molecule has 3 N–H and O–H groups in total. The third kappa shape index (κ3) is 4.26. The van der Waals surface area contributed by atoms with E-state index in [4.69, 9.17) is 10.9 Å². The Kier molecular flexibility index (Phi) is 5.55. The molecule has 0 spiro atoms. The van der Waals surface area contributed by atoms with Crippen LogP contribution < -0.4 is 5.73 Å². The van der Waals surface area contributed by atoms with E-state index in [1.165, 1.54) is 0 Å². The zero-order valence-electron chi connectivity index (χ0n) is 12.6. The van der Waals surface area contributed by atoms with Gasteiger partial charge in [-0.15, -0.1) is 0 Å². The molecule has 110 valence electrons. The number of oxime groups is 1. The first kappa shape index (κ1) is 16.0. The van der Waals surface area contributed by atoms with Crippen LogP contribution in [-0.2, 0) is 0 Å². The molecule has 0 aliphatic heterocycles. The van der Waals surface area contributed by atoms with Crippen molar-refractivity contribution in [2.45, 2.75) is 40.2 Å². The number of hydrogen-bond donors (Lipinski definition) is 2. The van der Waals surface area contributed by atoms with E-state index < -0.39 is 0 Å². The summed E-state index contributed by atoms with van der Waals surface area (Å²) in [6.45, 7) is 8.28. The smallest absolute Gasteiger partial charge is 0.254 e. The van der Waals surface area contributed by atoms with E-state index in [-0.39, 0.29) is 17.8 Å². The molecule has 1 rings (SSSR count). The Morgan fingerprint density at radius 1 is 1.30 bits per heavy atom. The molecule has 20 heavy (non-hydrogen) atoms. The van der Waals surface area contributed by atoms with E-state index in [0.29, 0.717) is 18.5 Å². The van der Waals surface area contributed by atoms with Gasteiger partial charge in [-0.2, -0.15) is 0 Å². The van der Waals surface area contributed by atoms with Crippen molar-refractivity contribution in [3.63, 3.8) is 0 Å². The summed E-state index contributed by atoms with van der Waals surface area (Å²) in [5.41, 5.74) is 8.27. The maximum Gasteiger partial charge on any atom is 0.254 e. The Hall–Kier alpha value is -2.04. The number of hydrogen-bond acceptors (Lipinski definition) is 3. The molecule has 0 heterocycles. The molecule has 1 amide bonds. The largest absolute Gasteiger partial charge is 0.409 e. The minimum Gasteiger partial charge on any atom is -0.409 e. The molecule has 0 fully saturated rings. The number of benzene rings is 1. The van der Waals surface area contributed by atoms with Crippen molar-refractivity contribution < 1.29 is 10.0 Å². The Balaban J connectivity index is 2.93. The highest BCUT2D eigenvalue weighted by molar-refractivity contribution is 5.95. The lowest BCUT2D eigenvalue weighted by molar-refractivity contribution is 0.0710. The van der Waals surface area contributed by atoms with Crippen molar-refractivity contribution in [3.05, 3.63) is 34.9 Å². The normalized spacial score (nSPS) is 11.8. The fourth-order valence-electron chi connectivity index (χ4n) is 2.14. The average Bonchev–Trinajstić information content (AvgIpc) is 2.36. The molecule has 0 aliphatic rings. The fourth-order valence-corrected chi connectivity index (χ4v) is 2.14. The van der Waals surface area contributed by atoms with Crippen molar-refractivity contribution in [1.29, 1.82) is 0 Å². The van der Waals surface area contributed by atoms with Crippen LogP contribution in [0.15, 0.2) is 23.4 Å². The summed E-state index contributed by atoms with van der Waals surface area (Å²) in [4.78, 5) is 14.3. The number of amidine groups is 1. The fraction of sp³-hybridized carbons (Fsp3) is 0.467. The van der Waals surface area contributed by atoms with Gasteiger partial charge in [0.2, 0.25) is 0 Å². The van der Waals surface area contributed by atoms with Gasteiger partial charge in [0.25, 0.3) is 5.91 Å². The SMILES string of the molecule is Cc1cc(C)cc(C(=O)N(CCC(N)=NO)C(C)C)c1. The Morgan fingerprint density at radius 2 is 1.85 bits per heavy atom. The molecule has 0 bridgehead atoms. The van der Waals surface area contributed by atoms with Gasteiger partial charge in [0, 0.05) is 24.6 Å². The minimum absolute atomic E-state index is 0.0301. The lowest BCUT2D eigenvalue weighted by atomic mass is 10.1. The molecule has 1 aromatic carbocycles. The second kappa shape index (κ2) is 6.93. The number of amides is 1. The van der Waals surface area contributed by atoms with Crippen molar-refractivity contribution in [2.24, 2.45) is 10.9 Å². The second-order valence-corrected chi connectivity index (χ2v) is 5.31. The predicted octanol–water partition coefficient (Wildman–Crippen LogP) is 2.29. The highest BCUT2D eigenvalue weighted by atomic mass is 16.4. The molecular formula is C15H23N3O2. The minimum atomic E-state index is -0.0301. The van der Waals surface area contributed by atoms with Gasteiger partial charge in [-0.3, -0.25) is 4.79 Å². The molecule has 0 aliphatic carbocycles. The highest BCUT2D eigenvalue weighted by Gasteiger charge is 2.19. The molecule has 1 aromatic rings. The zero-order chi connectivity index (χ0) is 15.3. The van der Waals surface area contributed by atoms with Crippen LogP contribution in [0.1, 0.15) is 41.8 Å². The van der Waals surface area contributed by atoms with Gasteiger partial charge < -0.3 is 15.8 Å². The second-order valence-electron chi connectivity index (χ2n) is 5.31. The third-order valence-electron chi connectivity index (χ3n) is 3.09. The van der Waals surface area contributed by atoms with Crippen molar-refractivity contribution in [1.82, 2.24) is 4.90 Å². The maximum atomic E-state index is 12.6. The first-order valence-electron chi connectivity index (χ1n) is 6.70. The van der Waals surface area contributed by atoms with E-state index in [1.807, 2.05) is 45.9 Å². The molecule has 0 unspecified atom stereocenters. The quantitative estimate of drug-likeness (QED) is 0.375. The lowest BCUT2D eigenvalue weighted by Crippen LogP contribution is -2.39. The van der Waals surface area contributed by atoms with Crippen LogP contribution >= 0.6 is 0 Å². The van der Waals surface area contributed by atoms with Crippen LogP contribution in [0.5, 0.6) is 0 Å². The molecule has 5 heteroatoms. The highest BCUT2D eigenvalue weighted by Crippen LogP contribution is 2.13. The van der Waals surface area contributed by atoms with Gasteiger partial charge in [0.15, 0.2) is 0 Å². The van der Waals surface area contributed by atoms with E-state index in [1.54, 1.807) is 4.90 Å². The summed E-state index contributed by atoms with van der Waals surface area (Å²) in [6.07, 6.45) is 0.352. The average molecular weight is 277 g/mol. The third-order valence-corrected chi connectivity index (χ3v) is 3.09. The lowest BCUT2D eigenvalue weighted by Gasteiger charge is -2.27. The van der Waals surface area contributed by atoms with Crippen LogP contribution in [-0.4, -0.2) is 34.4 Å². The number of nitrogens with zero attached hydrogens (tertiary/aromatic N) is 2. The topological polar surface area (TPSA) is 78.9 Å². The standard InChI is InChI=1S/C15H23N3O2/c1-10(2)18(6-5-14(16)17-20)15(19)13-8-11(3)7-12(4)9-13/h7-10,20H,5-6H2,1-4H3,(H2,16,17). The summed E-state index contributed by atoms with van der Waals surface area (Å²) >= 11 is 0. The number of carbonyl (C=O) groups excluding carboxylic acids is 1. The number of nitrogens with two attached hydrogens (primary N) is 1. The summed E-state index contributed by atoms with van der Waals surface area (Å²) in [5, 5.41) is 11.5. The molecule has 0 aromatic heterocycles. The van der Waals surface area contributed by atoms with Gasteiger partial charge in [-0.05, 0) is 39.8 Å². The summed E-state index contributed by atoms with van der Waals surface area (Å²) in [7, 11) is 0. The van der Waals surface area contributed by atoms with Crippen molar-refractivity contribution in [3.8, 4) is 0 Å². The Bertz CT molecular complexity index is 490. The number of aryl methyl sites for hydroxylation is 2. The molecule has 0 saturated carbocycles. The first-order valence-corrected chi connectivity index (χ1v) is 6.70. The van der Waals surface area contributed by atoms with E-state index in [9.17, 15) is 4.79 Å². The van der Waals surface area contributed by atoms with Gasteiger partial charge in [-0.1, -0.05) is 22.3 Å². The summed E-state index contributed by atoms with van der Waals surface area (Å²) in [6, 6.07) is 5.85. The van der Waals surface area contributed by atoms with Crippen molar-refractivity contribution in [2.75, 3.05) is 6.54 Å². The molecule has 0 saturated heterocycles. The zero-order valence-corrected chi connectivity index (χ0v) is 12.6. The van der Waals surface area contributed by atoms with Crippen LogP contribution in [0.3, 0.4) is 0 Å². The molecule has 0 radical (unpaired) electrons. The number of rotatable bonds is 5. The van der Waals surface area contributed by atoms with Crippen molar-refractivity contribution >= 4 is 11.7 Å². The van der Waals surface area contributed by atoms with Gasteiger partial charge in [-0.25, -0.2) is 0 Å². The summed E-state index contributed by atoms with van der Waals surface area (Å²) in [5.74, 6) is 0.0985. The van der Waals surface area contributed by atoms with E-state index in [0.717, 1.165) is 11.1 Å². The molecule has 0 atom stereocenters. The van der Waals surface area contributed by atoms with Crippen LogP contribution in [0, 0.1) is 13.8 Å². The first-order chi connectivity index (χ1) is 9.35. The molecule has 5 nitrogen and oxygen atoms in total. The van der Waals surface area contributed by atoms with Gasteiger partial charge in [0.05, 0.1) is 0 Å². The van der Waals surface area contributed by atoms with Gasteiger partial charge >= 0.3 is 0 Å². The monoisotopic (exact) mass is 277 g/mol.